The number of pyridine rings is 1. The van der Waals surface area contributed by atoms with Crippen molar-refractivity contribution in [2.45, 2.75) is 38.1 Å². The Morgan fingerprint density at radius 3 is 2.53 bits per heavy atom. The Morgan fingerprint density at radius 1 is 1.06 bits per heavy atom. The Morgan fingerprint density at radius 2 is 1.81 bits per heavy atom. The van der Waals surface area contributed by atoms with E-state index in [-0.39, 0.29) is 11.1 Å². The van der Waals surface area contributed by atoms with E-state index in [2.05, 4.69) is 44.3 Å². The Balaban J connectivity index is 1.16. The minimum atomic E-state index is -0.0517. The molecule has 2 aliphatic rings. The lowest BCUT2D eigenvalue weighted by atomic mass is 10.1. The number of hydrogen-bond acceptors (Lipinski definition) is 6. The number of nitrogens with zero attached hydrogens (tertiary/aromatic N) is 5. The number of carbonyl (C=O) groups is 1. The van der Waals surface area contributed by atoms with Crippen LogP contribution in [0.2, 0.25) is 5.15 Å². The average Bonchev–Trinajstić information content (AvgIpc) is 3.52. The topological polar surface area (TPSA) is 75.4 Å². The second-order valence-electron chi connectivity index (χ2n) is 8.54. The molecule has 0 atom stereocenters. The molecule has 3 heterocycles. The Bertz CT molecular complexity index is 1070. The van der Waals surface area contributed by atoms with Gasteiger partial charge in [-0.2, -0.15) is 4.98 Å². The molecule has 2 aromatic heterocycles. The summed E-state index contributed by atoms with van der Waals surface area (Å²) < 4.78 is 5.51. The van der Waals surface area contributed by atoms with Crippen molar-refractivity contribution < 1.29 is 9.32 Å². The van der Waals surface area contributed by atoms with E-state index in [1.165, 1.54) is 18.4 Å². The van der Waals surface area contributed by atoms with Crippen LogP contribution in [0.25, 0.3) is 11.4 Å². The molecule has 5 rings (SSSR count). The van der Waals surface area contributed by atoms with Crippen LogP contribution in [0, 0.1) is 0 Å². The fraction of sp³-hybridized carbons (Fsp3) is 0.417. The highest BCUT2D eigenvalue weighted by atomic mass is 35.5. The van der Waals surface area contributed by atoms with Crippen LogP contribution in [0.5, 0.6) is 0 Å². The van der Waals surface area contributed by atoms with E-state index in [0.717, 1.165) is 43.9 Å². The Kier molecular flexibility index (Phi) is 6.19. The SMILES string of the molecule is O=C(c1cccnc1Cl)N1CCN(Cc2ccc(-c3noc(C4CCCC4)n3)cc2)CC1. The summed E-state index contributed by atoms with van der Waals surface area (Å²) in [5, 5.41) is 4.45. The minimum Gasteiger partial charge on any atom is -0.339 e. The largest absolute Gasteiger partial charge is 0.339 e. The lowest BCUT2D eigenvalue weighted by Gasteiger charge is -2.34. The summed E-state index contributed by atoms with van der Waals surface area (Å²) in [5.74, 6) is 1.82. The molecule has 0 spiro atoms. The third-order valence-electron chi connectivity index (χ3n) is 6.41. The molecule has 0 radical (unpaired) electrons. The summed E-state index contributed by atoms with van der Waals surface area (Å²) in [4.78, 5) is 25.5. The van der Waals surface area contributed by atoms with Gasteiger partial charge in [0, 0.05) is 50.4 Å². The molecule has 1 saturated carbocycles. The fourth-order valence-electron chi connectivity index (χ4n) is 4.53. The first-order valence-corrected chi connectivity index (χ1v) is 11.6. The average molecular weight is 452 g/mol. The summed E-state index contributed by atoms with van der Waals surface area (Å²) in [6, 6.07) is 11.8. The van der Waals surface area contributed by atoms with E-state index in [0.29, 0.717) is 30.4 Å². The number of amides is 1. The summed E-state index contributed by atoms with van der Waals surface area (Å²) in [6.45, 7) is 3.83. The van der Waals surface area contributed by atoms with Crippen LogP contribution in [0.3, 0.4) is 0 Å². The number of aromatic nitrogens is 3. The lowest BCUT2D eigenvalue weighted by Crippen LogP contribution is -2.48. The zero-order valence-corrected chi connectivity index (χ0v) is 18.7. The van der Waals surface area contributed by atoms with Crippen LogP contribution in [0.15, 0.2) is 47.1 Å². The number of rotatable bonds is 5. The molecule has 166 valence electrons. The van der Waals surface area contributed by atoms with Crippen LogP contribution in [0.1, 0.15) is 53.4 Å². The summed E-state index contributed by atoms with van der Waals surface area (Å²) in [7, 11) is 0. The van der Waals surface area contributed by atoms with Crippen molar-refractivity contribution in [3.63, 3.8) is 0 Å². The monoisotopic (exact) mass is 451 g/mol. The molecular formula is C24H26ClN5O2. The van der Waals surface area contributed by atoms with Crippen molar-refractivity contribution in [3.05, 3.63) is 64.8 Å². The zero-order chi connectivity index (χ0) is 21.9. The third kappa shape index (κ3) is 4.54. The van der Waals surface area contributed by atoms with Crippen LogP contribution in [-0.4, -0.2) is 57.0 Å². The predicted molar refractivity (Wildman–Crippen MR) is 121 cm³/mol. The van der Waals surface area contributed by atoms with Gasteiger partial charge in [0.05, 0.1) is 5.56 Å². The second kappa shape index (κ2) is 9.38. The summed E-state index contributed by atoms with van der Waals surface area (Å²) in [6.07, 6.45) is 6.38. The molecule has 1 aliphatic carbocycles. The maximum Gasteiger partial charge on any atom is 0.257 e. The number of benzene rings is 1. The van der Waals surface area contributed by atoms with Gasteiger partial charge in [-0.3, -0.25) is 9.69 Å². The van der Waals surface area contributed by atoms with E-state index in [4.69, 9.17) is 16.1 Å². The molecule has 1 saturated heterocycles. The number of piperazine rings is 1. The van der Waals surface area contributed by atoms with Gasteiger partial charge in [-0.25, -0.2) is 4.98 Å². The highest BCUT2D eigenvalue weighted by Crippen LogP contribution is 2.33. The van der Waals surface area contributed by atoms with Gasteiger partial charge in [0.2, 0.25) is 11.7 Å². The molecule has 2 fully saturated rings. The summed E-state index contributed by atoms with van der Waals surface area (Å²) >= 11 is 6.08. The van der Waals surface area contributed by atoms with Crippen LogP contribution >= 0.6 is 11.6 Å². The Hall–Kier alpha value is -2.77. The van der Waals surface area contributed by atoms with Crippen LogP contribution in [0.4, 0.5) is 0 Å². The van der Waals surface area contributed by atoms with Crippen molar-refractivity contribution in [3.8, 4) is 11.4 Å². The number of hydrogen-bond donors (Lipinski definition) is 0. The van der Waals surface area contributed by atoms with Gasteiger partial charge >= 0.3 is 0 Å². The predicted octanol–water partition coefficient (Wildman–Crippen LogP) is 4.40. The standard InChI is InChI=1S/C24H26ClN5O2/c25-21-20(6-3-11-26-21)24(31)30-14-12-29(13-15-30)16-17-7-9-18(10-8-17)22-27-23(32-28-22)19-4-1-2-5-19/h3,6-11,19H,1-2,4-5,12-16H2. The number of halogens is 1. The molecule has 32 heavy (non-hydrogen) atoms. The van der Waals surface area contributed by atoms with E-state index in [1.807, 2.05) is 4.90 Å². The maximum absolute atomic E-state index is 12.7. The van der Waals surface area contributed by atoms with Crippen molar-refractivity contribution in [1.29, 1.82) is 0 Å². The highest BCUT2D eigenvalue weighted by Gasteiger charge is 2.25. The van der Waals surface area contributed by atoms with E-state index >= 15 is 0 Å². The smallest absolute Gasteiger partial charge is 0.257 e. The van der Waals surface area contributed by atoms with E-state index < -0.39 is 0 Å². The Labute approximate surface area is 192 Å². The second-order valence-corrected chi connectivity index (χ2v) is 8.90. The zero-order valence-electron chi connectivity index (χ0n) is 17.9. The van der Waals surface area contributed by atoms with Gasteiger partial charge < -0.3 is 9.42 Å². The first-order valence-electron chi connectivity index (χ1n) is 11.2. The molecule has 1 aromatic carbocycles. The molecule has 0 unspecified atom stereocenters. The molecule has 3 aromatic rings. The van der Waals surface area contributed by atoms with Gasteiger partial charge in [0.1, 0.15) is 5.15 Å². The molecular weight excluding hydrogens is 426 g/mol. The van der Waals surface area contributed by atoms with Crippen molar-refractivity contribution in [2.24, 2.45) is 0 Å². The first-order chi connectivity index (χ1) is 15.7. The lowest BCUT2D eigenvalue weighted by molar-refractivity contribution is 0.0628. The molecule has 0 bridgehead atoms. The van der Waals surface area contributed by atoms with Crippen molar-refractivity contribution in [2.75, 3.05) is 26.2 Å². The van der Waals surface area contributed by atoms with Crippen molar-refractivity contribution in [1.82, 2.24) is 24.9 Å². The van der Waals surface area contributed by atoms with Gasteiger partial charge in [0.25, 0.3) is 5.91 Å². The summed E-state index contributed by atoms with van der Waals surface area (Å²) in [5.41, 5.74) is 2.67. The molecule has 1 amide bonds. The minimum absolute atomic E-state index is 0.0517. The first kappa shape index (κ1) is 21.1. The fourth-order valence-corrected chi connectivity index (χ4v) is 4.73. The van der Waals surface area contributed by atoms with Gasteiger partial charge in [0.15, 0.2) is 0 Å². The van der Waals surface area contributed by atoms with Gasteiger partial charge in [-0.1, -0.05) is 53.9 Å². The third-order valence-corrected chi connectivity index (χ3v) is 6.71. The van der Waals surface area contributed by atoms with Crippen molar-refractivity contribution >= 4 is 17.5 Å². The molecule has 0 N–H and O–H groups in total. The quantitative estimate of drug-likeness (QED) is 0.535. The van der Waals surface area contributed by atoms with E-state index in [9.17, 15) is 4.79 Å². The highest BCUT2D eigenvalue weighted by molar-refractivity contribution is 6.32. The van der Waals surface area contributed by atoms with Gasteiger partial charge in [-0.05, 0) is 30.5 Å². The van der Waals surface area contributed by atoms with Gasteiger partial charge in [-0.15, -0.1) is 0 Å². The van der Waals surface area contributed by atoms with Crippen LogP contribution < -0.4 is 0 Å². The molecule has 1 aliphatic heterocycles. The normalized spacial score (nSPS) is 17.7. The van der Waals surface area contributed by atoms with Crippen LogP contribution in [-0.2, 0) is 6.54 Å². The van der Waals surface area contributed by atoms with E-state index in [1.54, 1.807) is 18.3 Å². The molecule has 7 nitrogen and oxygen atoms in total. The number of carbonyl (C=O) groups excluding carboxylic acids is 1. The maximum atomic E-state index is 12.7. The molecule has 8 heteroatoms.